The zero-order valence-corrected chi connectivity index (χ0v) is 19.6. The number of amides is 1. The lowest BCUT2D eigenvalue weighted by Crippen LogP contribution is -2.23. The fourth-order valence-electron chi connectivity index (χ4n) is 4.48. The highest BCUT2D eigenvalue weighted by atomic mass is 32.1. The molecule has 0 radical (unpaired) electrons. The predicted octanol–water partition coefficient (Wildman–Crippen LogP) is 5.70. The normalized spacial score (nSPS) is 13.4. The van der Waals surface area contributed by atoms with Gasteiger partial charge in [0.2, 0.25) is 0 Å². The topological polar surface area (TPSA) is 72.4 Å². The van der Waals surface area contributed by atoms with Gasteiger partial charge in [-0.15, -0.1) is 11.3 Å². The quantitative estimate of drug-likeness (QED) is 0.377. The molecule has 1 aliphatic carbocycles. The molecule has 4 heterocycles. The Balaban J connectivity index is 1.46. The number of nitrogens with one attached hydrogen (secondary N) is 1. The molecule has 0 fully saturated rings. The van der Waals surface area contributed by atoms with Gasteiger partial charge in [-0.25, -0.2) is 4.99 Å². The van der Waals surface area contributed by atoms with Gasteiger partial charge in [0.1, 0.15) is 10.8 Å². The van der Waals surface area contributed by atoms with Crippen molar-refractivity contribution in [2.45, 2.75) is 46.1 Å². The molecule has 0 aromatic carbocycles. The van der Waals surface area contributed by atoms with Crippen LogP contribution in [0, 0.1) is 13.8 Å². The van der Waals surface area contributed by atoms with E-state index in [1.165, 1.54) is 4.88 Å². The van der Waals surface area contributed by atoms with E-state index in [0.717, 1.165) is 70.2 Å². The average molecular weight is 459 g/mol. The third-order valence-corrected chi connectivity index (χ3v) is 7.28. The van der Waals surface area contributed by atoms with Crippen LogP contribution in [-0.2, 0) is 19.4 Å². The van der Waals surface area contributed by atoms with Crippen LogP contribution in [0.5, 0.6) is 0 Å². The number of aliphatic imine (C=N–C) groups is 1. The summed E-state index contributed by atoms with van der Waals surface area (Å²) in [6.45, 7) is 4.53. The van der Waals surface area contributed by atoms with E-state index in [0.29, 0.717) is 6.54 Å². The van der Waals surface area contributed by atoms with Crippen LogP contribution in [0.15, 0.2) is 58.4 Å². The third kappa shape index (κ3) is 4.28. The van der Waals surface area contributed by atoms with Gasteiger partial charge in [-0.3, -0.25) is 9.78 Å². The first-order valence-corrected chi connectivity index (χ1v) is 12.0. The van der Waals surface area contributed by atoms with E-state index >= 15 is 0 Å². The molecule has 0 unspecified atom stereocenters. The summed E-state index contributed by atoms with van der Waals surface area (Å²) in [6, 6.07) is 9.79. The minimum Gasteiger partial charge on any atom is -0.467 e. The number of rotatable bonds is 6. The first-order chi connectivity index (χ1) is 16.1. The average Bonchev–Trinajstić information content (AvgIpc) is 3.54. The molecule has 1 amide bonds. The zero-order valence-electron chi connectivity index (χ0n) is 18.8. The summed E-state index contributed by atoms with van der Waals surface area (Å²) in [6.07, 6.45) is 11.4. The number of hydrogen-bond donors (Lipinski definition) is 1. The number of furan rings is 1. The number of carbonyl (C=O) groups is 1. The Bertz CT molecular complexity index is 1300. The Kier molecular flexibility index (Phi) is 5.96. The molecule has 5 rings (SSSR count). The maximum atomic E-state index is 13.2. The van der Waals surface area contributed by atoms with Gasteiger partial charge in [-0.2, -0.15) is 0 Å². The summed E-state index contributed by atoms with van der Waals surface area (Å²) >= 11 is 1.65. The molecule has 33 heavy (non-hydrogen) atoms. The van der Waals surface area contributed by atoms with Crippen LogP contribution in [-0.4, -0.2) is 21.7 Å². The van der Waals surface area contributed by atoms with Gasteiger partial charge < -0.3 is 14.3 Å². The van der Waals surface area contributed by atoms with Crippen LogP contribution in [0.4, 0.5) is 5.00 Å². The minimum atomic E-state index is -0.0845. The van der Waals surface area contributed by atoms with Crippen LogP contribution < -0.4 is 5.32 Å². The van der Waals surface area contributed by atoms with E-state index in [-0.39, 0.29) is 5.91 Å². The summed E-state index contributed by atoms with van der Waals surface area (Å²) in [7, 11) is 0. The Morgan fingerprint density at radius 3 is 2.94 bits per heavy atom. The van der Waals surface area contributed by atoms with E-state index in [2.05, 4.69) is 34.8 Å². The first kappa shape index (κ1) is 21.4. The predicted molar refractivity (Wildman–Crippen MR) is 131 cm³/mol. The van der Waals surface area contributed by atoms with Crippen molar-refractivity contribution in [3.05, 3.63) is 87.7 Å². The van der Waals surface area contributed by atoms with Crippen LogP contribution in [0.2, 0.25) is 0 Å². The van der Waals surface area contributed by atoms with Crippen molar-refractivity contribution in [1.82, 2.24) is 14.9 Å². The van der Waals surface area contributed by atoms with Crippen LogP contribution in [0.1, 0.15) is 56.4 Å². The summed E-state index contributed by atoms with van der Waals surface area (Å²) in [5.74, 6) is 0.652. The lowest BCUT2D eigenvalue weighted by Gasteiger charge is -2.12. The van der Waals surface area contributed by atoms with Gasteiger partial charge in [-0.05, 0) is 75.4 Å². The lowest BCUT2D eigenvalue weighted by atomic mass is 9.95. The summed E-state index contributed by atoms with van der Waals surface area (Å²) in [5, 5.41) is 3.79. The standard InChI is InChI=1S/C26H26N4O2S/c1-17-13-19(18(2)30(17)20-7-5-11-27-15-20)14-29-26-24(22-9-3-4-10-23(22)33-26)25(31)28-16-21-8-6-12-32-21/h5-8,11-15H,3-4,9-10,16H2,1-2H3,(H,28,31). The molecular formula is C26H26N4O2S. The molecular weight excluding hydrogens is 432 g/mol. The number of nitrogens with zero attached hydrogens (tertiary/aromatic N) is 3. The largest absolute Gasteiger partial charge is 0.467 e. The van der Waals surface area contributed by atoms with E-state index in [1.54, 1.807) is 23.8 Å². The van der Waals surface area contributed by atoms with Gasteiger partial charge in [0, 0.05) is 34.2 Å². The monoisotopic (exact) mass is 458 g/mol. The fraction of sp³-hybridized carbons (Fsp3) is 0.269. The van der Waals surface area contributed by atoms with Crippen molar-refractivity contribution in [3.63, 3.8) is 0 Å². The number of fused-ring (bicyclic) bond motifs is 1. The molecule has 4 aromatic rings. The molecule has 1 N–H and O–H groups in total. The van der Waals surface area contributed by atoms with Gasteiger partial charge in [0.05, 0.1) is 30.3 Å². The Morgan fingerprint density at radius 1 is 1.27 bits per heavy atom. The van der Waals surface area contributed by atoms with Gasteiger partial charge >= 0.3 is 0 Å². The second-order valence-electron chi connectivity index (χ2n) is 8.28. The number of hydrogen-bond acceptors (Lipinski definition) is 5. The molecule has 1 aliphatic rings. The number of aryl methyl sites for hydroxylation is 2. The smallest absolute Gasteiger partial charge is 0.255 e. The van der Waals surface area contributed by atoms with Crippen molar-refractivity contribution in [2.24, 2.45) is 4.99 Å². The van der Waals surface area contributed by atoms with Crippen LogP contribution >= 0.6 is 11.3 Å². The van der Waals surface area contributed by atoms with E-state index < -0.39 is 0 Å². The third-order valence-electron chi connectivity index (χ3n) is 6.08. The Morgan fingerprint density at radius 2 is 2.15 bits per heavy atom. The minimum absolute atomic E-state index is 0.0845. The van der Waals surface area contributed by atoms with E-state index in [1.807, 2.05) is 36.7 Å². The highest BCUT2D eigenvalue weighted by Gasteiger charge is 2.25. The molecule has 0 saturated carbocycles. The molecule has 0 spiro atoms. The van der Waals surface area contributed by atoms with E-state index in [9.17, 15) is 4.79 Å². The lowest BCUT2D eigenvalue weighted by molar-refractivity contribution is 0.0948. The Hall–Kier alpha value is -3.45. The summed E-state index contributed by atoms with van der Waals surface area (Å²) in [5.41, 5.74) is 6.15. The molecule has 4 aromatic heterocycles. The van der Waals surface area contributed by atoms with Crippen molar-refractivity contribution >= 4 is 28.5 Å². The molecule has 0 saturated heterocycles. The number of aromatic nitrogens is 2. The van der Waals surface area contributed by atoms with Gasteiger partial charge in [0.15, 0.2) is 0 Å². The maximum absolute atomic E-state index is 13.2. The summed E-state index contributed by atoms with van der Waals surface area (Å²) < 4.78 is 7.54. The van der Waals surface area contributed by atoms with Crippen molar-refractivity contribution in [1.29, 1.82) is 0 Å². The molecule has 0 aliphatic heterocycles. The second-order valence-corrected chi connectivity index (χ2v) is 9.37. The molecule has 0 bridgehead atoms. The highest BCUT2D eigenvalue weighted by molar-refractivity contribution is 7.16. The molecule has 168 valence electrons. The van der Waals surface area contributed by atoms with Crippen molar-refractivity contribution in [2.75, 3.05) is 0 Å². The molecule has 7 heteroatoms. The number of carbonyl (C=O) groups excluding carboxylic acids is 1. The van der Waals surface area contributed by atoms with Crippen molar-refractivity contribution < 1.29 is 9.21 Å². The second kappa shape index (κ2) is 9.19. The van der Waals surface area contributed by atoms with Crippen LogP contribution in [0.25, 0.3) is 5.69 Å². The zero-order chi connectivity index (χ0) is 22.8. The SMILES string of the molecule is Cc1cc(C=Nc2sc3c(c2C(=O)NCc2ccco2)CCCC3)c(C)n1-c1cccnc1. The van der Waals surface area contributed by atoms with Gasteiger partial charge in [-0.1, -0.05) is 0 Å². The number of thiophene rings is 1. The molecule has 6 nitrogen and oxygen atoms in total. The van der Waals surface area contributed by atoms with Gasteiger partial charge in [0.25, 0.3) is 5.91 Å². The first-order valence-electron chi connectivity index (χ1n) is 11.2. The fourth-order valence-corrected chi connectivity index (χ4v) is 5.71. The van der Waals surface area contributed by atoms with Crippen molar-refractivity contribution in [3.8, 4) is 5.69 Å². The molecule has 0 atom stereocenters. The van der Waals surface area contributed by atoms with E-state index in [4.69, 9.17) is 9.41 Å². The summed E-state index contributed by atoms with van der Waals surface area (Å²) in [4.78, 5) is 23.6. The Labute approximate surface area is 197 Å². The highest BCUT2D eigenvalue weighted by Crippen LogP contribution is 2.40. The number of pyridine rings is 1. The maximum Gasteiger partial charge on any atom is 0.255 e. The van der Waals surface area contributed by atoms with Crippen LogP contribution in [0.3, 0.4) is 0 Å².